The van der Waals surface area contributed by atoms with Gasteiger partial charge >= 0.3 is 0 Å². The summed E-state index contributed by atoms with van der Waals surface area (Å²) in [5.74, 6) is -0.356. The molecule has 0 saturated carbocycles. The molecule has 0 fully saturated rings. The smallest absolute Gasteiger partial charge is 0.294 e. The number of nitriles is 1. The first-order valence-electron chi connectivity index (χ1n) is 7.17. The fourth-order valence-corrected chi connectivity index (χ4v) is 2.59. The molecule has 3 aromatic rings. The molecule has 10 heteroatoms. The van der Waals surface area contributed by atoms with E-state index in [2.05, 4.69) is 15.3 Å². The molecule has 26 heavy (non-hydrogen) atoms. The standard InChI is InChI=1S/C16H11N5O4S/c17-10-14-15(16(22)21(20-14)12-4-2-1-3-5-12)19-18-11-6-8-13(9-7-11)26(23,24)25/h1-9,22H,(H,23,24,25). The average molecular weight is 369 g/mol. The molecule has 0 atom stereocenters. The van der Waals surface area contributed by atoms with Crippen molar-refractivity contribution in [3.8, 4) is 17.6 Å². The molecule has 0 radical (unpaired) electrons. The second kappa shape index (κ2) is 6.75. The molecule has 1 heterocycles. The maximum absolute atomic E-state index is 11.0. The second-order valence-corrected chi connectivity index (χ2v) is 6.47. The lowest BCUT2D eigenvalue weighted by atomic mass is 10.3. The number of hydrogen-bond acceptors (Lipinski definition) is 7. The molecule has 2 N–H and O–H groups in total. The lowest BCUT2D eigenvalue weighted by Gasteiger charge is -2.01. The van der Waals surface area contributed by atoms with Crippen LogP contribution < -0.4 is 0 Å². The summed E-state index contributed by atoms with van der Waals surface area (Å²) in [6.45, 7) is 0. The van der Waals surface area contributed by atoms with Gasteiger partial charge in [0.25, 0.3) is 10.1 Å². The van der Waals surface area contributed by atoms with Crippen molar-refractivity contribution in [2.75, 3.05) is 0 Å². The molecule has 9 nitrogen and oxygen atoms in total. The van der Waals surface area contributed by atoms with Crippen LogP contribution in [0, 0.1) is 11.3 Å². The monoisotopic (exact) mass is 369 g/mol. The lowest BCUT2D eigenvalue weighted by Crippen LogP contribution is -1.96. The van der Waals surface area contributed by atoms with Crippen LogP contribution in [-0.4, -0.2) is 27.9 Å². The molecule has 0 aliphatic carbocycles. The Morgan fingerprint density at radius 2 is 1.69 bits per heavy atom. The SMILES string of the molecule is N#Cc1nn(-c2ccccc2)c(O)c1N=Nc1ccc(S(=O)(=O)O)cc1. The van der Waals surface area contributed by atoms with E-state index in [4.69, 9.17) is 4.55 Å². The van der Waals surface area contributed by atoms with Gasteiger partial charge in [-0.3, -0.25) is 4.55 Å². The summed E-state index contributed by atoms with van der Waals surface area (Å²) in [4.78, 5) is -0.283. The zero-order valence-electron chi connectivity index (χ0n) is 13.1. The summed E-state index contributed by atoms with van der Waals surface area (Å²) >= 11 is 0. The third-order valence-corrected chi connectivity index (χ3v) is 4.21. The van der Waals surface area contributed by atoms with Crippen molar-refractivity contribution in [1.29, 1.82) is 5.26 Å². The van der Waals surface area contributed by atoms with Crippen molar-refractivity contribution in [2.45, 2.75) is 4.90 Å². The first kappa shape index (κ1) is 17.3. The predicted molar refractivity (Wildman–Crippen MR) is 90.4 cm³/mol. The Bertz CT molecular complexity index is 1110. The van der Waals surface area contributed by atoms with Crippen molar-refractivity contribution >= 4 is 21.5 Å². The third-order valence-electron chi connectivity index (χ3n) is 3.34. The number of aromatic hydroxyl groups is 1. The minimum Gasteiger partial charge on any atom is -0.492 e. The Morgan fingerprint density at radius 3 is 2.27 bits per heavy atom. The first-order valence-corrected chi connectivity index (χ1v) is 8.61. The van der Waals surface area contributed by atoms with Crippen LogP contribution in [0.5, 0.6) is 5.88 Å². The van der Waals surface area contributed by atoms with E-state index in [0.29, 0.717) is 5.69 Å². The summed E-state index contributed by atoms with van der Waals surface area (Å²) in [7, 11) is -4.30. The molecular formula is C16H11N5O4S. The number of nitrogens with zero attached hydrogens (tertiary/aromatic N) is 5. The van der Waals surface area contributed by atoms with Gasteiger partial charge in [0.1, 0.15) is 6.07 Å². The van der Waals surface area contributed by atoms with Crippen LogP contribution in [0.4, 0.5) is 11.4 Å². The van der Waals surface area contributed by atoms with E-state index in [9.17, 15) is 18.8 Å². The zero-order chi connectivity index (χ0) is 18.7. The molecule has 0 amide bonds. The number of hydrogen-bond donors (Lipinski definition) is 2. The van der Waals surface area contributed by atoms with E-state index >= 15 is 0 Å². The van der Waals surface area contributed by atoms with Crippen molar-refractivity contribution in [2.24, 2.45) is 10.2 Å². The van der Waals surface area contributed by atoms with Gasteiger partial charge in [-0.15, -0.1) is 5.11 Å². The number of azo groups is 1. The van der Waals surface area contributed by atoms with Crippen LogP contribution in [-0.2, 0) is 10.1 Å². The first-order chi connectivity index (χ1) is 12.4. The van der Waals surface area contributed by atoms with E-state index < -0.39 is 10.1 Å². The summed E-state index contributed by atoms with van der Waals surface area (Å²) in [6.07, 6.45) is 0. The van der Waals surface area contributed by atoms with Crippen LogP contribution >= 0.6 is 0 Å². The van der Waals surface area contributed by atoms with Crippen molar-refractivity contribution in [3.63, 3.8) is 0 Å². The largest absolute Gasteiger partial charge is 0.492 e. The molecule has 0 aliphatic rings. The molecule has 0 unspecified atom stereocenters. The van der Waals surface area contributed by atoms with Gasteiger partial charge in [-0.25, -0.2) is 0 Å². The maximum atomic E-state index is 11.0. The lowest BCUT2D eigenvalue weighted by molar-refractivity contribution is 0.434. The summed E-state index contributed by atoms with van der Waals surface area (Å²) in [6, 6.07) is 15.5. The van der Waals surface area contributed by atoms with Gasteiger partial charge in [-0.2, -0.15) is 28.6 Å². The van der Waals surface area contributed by atoms with Crippen molar-refractivity contribution in [3.05, 3.63) is 60.3 Å². The van der Waals surface area contributed by atoms with Gasteiger partial charge in [-0.05, 0) is 36.4 Å². The molecule has 0 aliphatic heterocycles. The summed E-state index contributed by atoms with van der Waals surface area (Å²) in [5, 5.41) is 31.2. The van der Waals surface area contributed by atoms with Crippen molar-refractivity contribution < 1.29 is 18.1 Å². The molecule has 130 valence electrons. The van der Waals surface area contributed by atoms with E-state index in [1.807, 2.05) is 6.07 Å². The van der Waals surface area contributed by atoms with Gasteiger partial charge in [0, 0.05) is 0 Å². The number of rotatable bonds is 4. The van der Waals surface area contributed by atoms with Gasteiger partial charge in [0.2, 0.25) is 5.88 Å². The molecule has 1 aromatic heterocycles. The van der Waals surface area contributed by atoms with Gasteiger partial charge in [0.05, 0.1) is 16.3 Å². The highest BCUT2D eigenvalue weighted by atomic mass is 32.2. The number of benzene rings is 2. The highest BCUT2D eigenvalue weighted by Crippen LogP contribution is 2.33. The Labute approximate surface area is 148 Å². The van der Waals surface area contributed by atoms with Crippen LogP contribution in [0.25, 0.3) is 5.69 Å². The Kier molecular flexibility index (Phi) is 4.49. The Morgan fingerprint density at radius 1 is 1.04 bits per heavy atom. The summed E-state index contributed by atoms with van der Waals surface area (Å²) in [5.41, 5.74) is 0.563. The van der Waals surface area contributed by atoms with Crippen molar-refractivity contribution in [1.82, 2.24) is 9.78 Å². The maximum Gasteiger partial charge on any atom is 0.294 e. The van der Waals surface area contributed by atoms with E-state index in [1.165, 1.54) is 12.1 Å². The highest BCUT2D eigenvalue weighted by Gasteiger charge is 2.18. The Hall–Kier alpha value is -3.55. The van der Waals surface area contributed by atoms with Crippen LogP contribution in [0.15, 0.2) is 69.7 Å². The van der Waals surface area contributed by atoms with Crippen LogP contribution in [0.2, 0.25) is 0 Å². The van der Waals surface area contributed by atoms with E-state index in [0.717, 1.165) is 16.8 Å². The van der Waals surface area contributed by atoms with E-state index in [-0.39, 0.29) is 27.8 Å². The number of para-hydroxylation sites is 1. The Balaban J connectivity index is 1.96. The van der Waals surface area contributed by atoms with Crippen LogP contribution in [0.1, 0.15) is 5.69 Å². The fourth-order valence-electron chi connectivity index (χ4n) is 2.11. The quantitative estimate of drug-likeness (QED) is 0.534. The molecule has 0 bridgehead atoms. The fraction of sp³-hybridized carbons (Fsp3) is 0. The topological polar surface area (TPSA) is 141 Å². The number of aromatic nitrogens is 2. The minimum atomic E-state index is -4.30. The highest BCUT2D eigenvalue weighted by molar-refractivity contribution is 7.85. The second-order valence-electron chi connectivity index (χ2n) is 5.05. The predicted octanol–water partition coefficient (Wildman–Crippen LogP) is 3.11. The van der Waals surface area contributed by atoms with E-state index in [1.54, 1.807) is 30.3 Å². The molecule has 0 saturated heterocycles. The van der Waals surface area contributed by atoms with Gasteiger partial charge in [-0.1, -0.05) is 18.2 Å². The average Bonchev–Trinajstić information content (AvgIpc) is 2.96. The zero-order valence-corrected chi connectivity index (χ0v) is 13.9. The molecule has 0 spiro atoms. The van der Waals surface area contributed by atoms with Crippen LogP contribution in [0.3, 0.4) is 0 Å². The molecule has 3 rings (SSSR count). The van der Waals surface area contributed by atoms with Gasteiger partial charge < -0.3 is 5.11 Å². The molecule has 2 aromatic carbocycles. The normalized spacial score (nSPS) is 11.5. The molecular weight excluding hydrogens is 358 g/mol. The third kappa shape index (κ3) is 3.44. The van der Waals surface area contributed by atoms with Gasteiger partial charge in [0.15, 0.2) is 11.4 Å². The summed E-state index contributed by atoms with van der Waals surface area (Å²) < 4.78 is 32.1. The minimum absolute atomic E-state index is 0.116.